The summed E-state index contributed by atoms with van der Waals surface area (Å²) in [6, 6.07) is 0. The first-order chi connectivity index (χ1) is 13.2. The monoisotopic (exact) mass is 428 g/mol. The van der Waals surface area contributed by atoms with E-state index in [1.807, 2.05) is 6.92 Å². The van der Waals surface area contributed by atoms with E-state index in [4.69, 9.17) is 0 Å². The average Bonchev–Trinajstić information content (AvgIpc) is 2.94. The second-order valence-electron chi connectivity index (χ2n) is 9.30. The molecule has 0 heterocycles. The quantitative estimate of drug-likeness (QED) is 0.631. The van der Waals surface area contributed by atoms with Crippen molar-refractivity contribution in [3.05, 3.63) is 23.8 Å². The first-order valence-corrected chi connectivity index (χ1v) is 12.5. The van der Waals surface area contributed by atoms with Gasteiger partial charge in [-0.15, -0.1) is 23.5 Å². The molecule has 0 saturated heterocycles. The molecule has 7 atom stereocenters. The lowest BCUT2D eigenvalue weighted by atomic mass is 9.46. The van der Waals surface area contributed by atoms with Gasteiger partial charge >= 0.3 is 0 Å². The number of halogens is 2. The number of hydrogen-bond acceptors (Lipinski definition) is 4. The van der Waals surface area contributed by atoms with E-state index in [2.05, 4.69) is 13.2 Å². The van der Waals surface area contributed by atoms with Crippen LogP contribution in [0.15, 0.2) is 23.8 Å². The molecule has 1 unspecified atom stereocenters. The molecule has 0 radical (unpaired) electrons. The number of ketones is 1. The van der Waals surface area contributed by atoms with E-state index in [9.17, 15) is 14.3 Å². The summed E-state index contributed by atoms with van der Waals surface area (Å²) in [4.78, 5) is 11.9. The lowest BCUT2D eigenvalue weighted by Gasteiger charge is -2.63. The van der Waals surface area contributed by atoms with Crippen LogP contribution in [0.2, 0.25) is 0 Å². The number of carbonyl (C=O) groups is 1. The van der Waals surface area contributed by atoms with E-state index in [0.717, 1.165) is 18.4 Å². The highest BCUT2D eigenvalue weighted by Gasteiger charge is 2.72. The predicted molar refractivity (Wildman–Crippen MR) is 113 cm³/mol. The number of carbonyl (C=O) groups excluding carboxylic acids is 1. The van der Waals surface area contributed by atoms with E-state index in [1.54, 1.807) is 35.7 Å². The average molecular weight is 429 g/mol. The lowest BCUT2D eigenvalue weighted by molar-refractivity contribution is -0.189. The third kappa shape index (κ3) is 2.46. The van der Waals surface area contributed by atoms with Crippen molar-refractivity contribution in [1.29, 1.82) is 0 Å². The number of alkyl halides is 2. The Morgan fingerprint density at radius 2 is 2.04 bits per heavy atom. The minimum atomic E-state index is -1.77. The Balaban J connectivity index is 1.76. The highest BCUT2D eigenvalue weighted by atomic mass is 32.2. The summed E-state index contributed by atoms with van der Waals surface area (Å²) in [7, 11) is 0. The molecule has 0 aromatic carbocycles. The Labute approximate surface area is 175 Å². The van der Waals surface area contributed by atoms with Crippen molar-refractivity contribution in [1.82, 2.24) is 0 Å². The standard InChI is InChI=1S/C22H30F2O2S2/c1-19-8-6-15(25)12-14(19)4-5-17-16-7-9-21(27-3,28-11-10-23)20(16,2)13-18(26)22(17,19)24/h6,8,12,16-18,26H,4-5,7,9-11,13H2,1-3H3/t16-,17-,18-,19-,20-,21-,22?/m0/s1. The van der Waals surface area contributed by atoms with Crippen molar-refractivity contribution < 1.29 is 18.7 Å². The Hall–Kier alpha value is -0.330. The summed E-state index contributed by atoms with van der Waals surface area (Å²) in [6.45, 7) is 3.69. The van der Waals surface area contributed by atoms with Crippen LogP contribution in [-0.4, -0.2) is 45.4 Å². The van der Waals surface area contributed by atoms with Crippen LogP contribution in [0.5, 0.6) is 0 Å². The highest BCUT2D eigenvalue weighted by Crippen LogP contribution is 2.73. The molecule has 4 aliphatic carbocycles. The summed E-state index contributed by atoms with van der Waals surface area (Å²) in [6.07, 6.45) is 9.31. The third-order valence-corrected chi connectivity index (χ3v) is 12.1. The van der Waals surface area contributed by atoms with Gasteiger partial charge in [-0.1, -0.05) is 18.6 Å². The molecular formula is C22H30F2O2S2. The Bertz CT molecular complexity index is 740. The van der Waals surface area contributed by atoms with Crippen molar-refractivity contribution in [3.8, 4) is 0 Å². The summed E-state index contributed by atoms with van der Waals surface area (Å²) < 4.78 is 29.8. The van der Waals surface area contributed by atoms with Crippen LogP contribution in [0.3, 0.4) is 0 Å². The van der Waals surface area contributed by atoms with Gasteiger partial charge in [-0.25, -0.2) is 4.39 Å². The number of aliphatic hydroxyl groups is 1. The Morgan fingerprint density at radius 3 is 2.71 bits per heavy atom. The minimum Gasteiger partial charge on any atom is -0.390 e. The van der Waals surface area contributed by atoms with Crippen molar-refractivity contribution in [2.24, 2.45) is 22.7 Å². The van der Waals surface area contributed by atoms with Gasteiger partial charge in [-0.3, -0.25) is 9.18 Å². The summed E-state index contributed by atoms with van der Waals surface area (Å²) >= 11 is 3.42. The minimum absolute atomic E-state index is 0.0884. The maximum atomic E-state index is 16.9. The van der Waals surface area contributed by atoms with Gasteiger partial charge in [0, 0.05) is 17.1 Å². The molecule has 1 N–H and O–H groups in total. The van der Waals surface area contributed by atoms with Gasteiger partial charge in [-0.05, 0) is 68.8 Å². The van der Waals surface area contributed by atoms with E-state index in [-0.39, 0.29) is 33.8 Å². The van der Waals surface area contributed by atoms with Gasteiger partial charge in [0.2, 0.25) is 0 Å². The number of allylic oxidation sites excluding steroid dienone is 4. The second-order valence-corrected chi connectivity index (χ2v) is 12.1. The van der Waals surface area contributed by atoms with E-state index in [0.29, 0.717) is 25.0 Å². The molecule has 3 fully saturated rings. The first-order valence-electron chi connectivity index (χ1n) is 10.2. The predicted octanol–water partition coefficient (Wildman–Crippen LogP) is 5.12. The van der Waals surface area contributed by atoms with Crippen molar-refractivity contribution in [2.45, 2.75) is 61.8 Å². The molecule has 0 aromatic rings. The van der Waals surface area contributed by atoms with Crippen molar-refractivity contribution >= 4 is 29.3 Å². The molecule has 0 bridgehead atoms. The molecule has 3 saturated carbocycles. The Kier molecular flexibility index (Phi) is 5.11. The van der Waals surface area contributed by atoms with Gasteiger partial charge in [0.05, 0.1) is 16.9 Å². The fourth-order valence-electron chi connectivity index (χ4n) is 6.99. The van der Waals surface area contributed by atoms with Gasteiger partial charge in [0.25, 0.3) is 0 Å². The smallest absolute Gasteiger partial charge is 0.178 e. The molecule has 4 rings (SSSR count). The lowest BCUT2D eigenvalue weighted by Crippen LogP contribution is -2.67. The van der Waals surface area contributed by atoms with Crippen molar-refractivity contribution in [2.75, 3.05) is 18.7 Å². The SMILES string of the molecule is CS[C@]1(SCCF)CC[C@H]2[C@@H]3CCC4=CC(=O)C=C[C@]4(C)C3(F)[C@@H](O)C[C@@]21C. The number of thioether (sulfide) groups is 2. The van der Waals surface area contributed by atoms with Gasteiger partial charge in [-0.2, -0.15) is 0 Å². The maximum Gasteiger partial charge on any atom is 0.178 e. The molecule has 0 aromatic heterocycles. The van der Waals surface area contributed by atoms with Gasteiger partial charge < -0.3 is 5.11 Å². The topological polar surface area (TPSA) is 37.3 Å². The zero-order valence-corrected chi connectivity index (χ0v) is 18.5. The fourth-order valence-corrected chi connectivity index (χ4v) is 9.97. The third-order valence-electron chi connectivity index (χ3n) is 8.43. The van der Waals surface area contributed by atoms with Crippen LogP contribution in [0, 0.1) is 22.7 Å². The molecule has 156 valence electrons. The number of hydrogen-bond donors (Lipinski definition) is 1. The Morgan fingerprint density at radius 1 is 1.29 bits per heavy atom. The van der Waals surface area contributed by atoms with Crippen LogP contribution < -0.4 is 0 Å². The maximum absolute atomic E-state index is 16.9. The molecular weight excluding hydrogens is 398 g/mol. The van der Waals surface area contributed by atoms with Crippen LogP contribution >= 0.6 is 23.5 Å². The molecule has 4 aliphatic rings. The molecule has 0 amide bonds. The zero-order valence-electron chi connectivity index (χ0n) is 16.8. The molecule has 0 spiro atoms. The van der Waals surface area contributed by atoms with Crippen LogP contribution in [0.1, 0.15) is 46.0 Å². The first kappa shape index (κ1) is 20.9. The molecule has 6 heteroatoms. The number of rotatable bonds is 4. The van der Waals surface area contributed by atoms with Crippen LogP contribution in [-0.2, 0) is 4.79 Å². The van der Waals surface area contributed by atoms with E-state index >= 15 is 4.39 Å². The fraction of sp³-hybridized carbons (Fsp3) is 0.773. The zero-order chi connectivity index (χ0) is 20.4. The summed E-state index contributed by atoms with van der Waals surface area (Å²) in [5, 5.41) is 11.3. The molecule has 2 nitrogen and oxygen atoms in total. The number of aliphatic hydroxyl groups excluding tert-OH is 1. The normalized spacial score (nSPS) is 50.0. The number of fused-ring (bicyclic) bond motifs is 5. The van der Waals surface area contributed by atoms with Gasteiger partial charge in [0.15, 0.2) is 11.5 Å². The van der Waals surface area contributed by atoms with Crippen LogP contribution in [0.4, 0.5) is 8.78 Å². The molecule has 0 aliphatic heterocycles. The second kappa shape index (κ2) is 6.84. The highest BCUT2D eigenvalue weighted by molar-refractivity contribution is 8.18. The van der Waals surface area contributed by atoms with Crippen molar-refractivity contribution in [3.63, 3.8) is 0 Å². The largest absolute Gasteiger partial charge is 0.390 e. The van der Waals surface area contributed by atoms with Crippen LogP contribution in [0.25, 0.3) is 0 Å². The summed E-state index contributed by atoms with van der Waals surface area (Å²) in [5.74, 6) is 0.265. The molecule has 28 heavy (non-hydrogen) atoms. The van der Waals surface area contributed by atoms with E-state index in [1.165, 1.54) is 6.08 Å². The summed E-state index contributed by atoms with van der Waals surface area (Å²) in [5.41, 5.74) is -2.11. The van der Waals surface area contributed by atoms with E-state index < -0.39 is 17.2 Å². The van der Waals surface area contributed by atoms with Gasteiger partial charge in [0.1, 0.15) is 0 Å².